The monoisotopic (exact) mass is 455 g/mol. The summed E-state index contributed by atoms with van der Waals surface area (Å²) in [6.45, 7) is 1.43. The highest BCUT2D eigenvalue weighted by atomic mass is 32.2. The van der Waals surface area contributed by atoms with Gasteiger partial charge in [0.1, 0.15) is 5.75 Å². The molecule has 2 amide bonds. The van der Waals surface area contributed by atoms with E-state index in [1.54, 1.807) is 31.2 Å². The molecule has 2 aromatic rings. The van der Waals surface area contributed by atoms with E-state index in [4.69, 9.17) is 4.74 Å². The van der Waals surface area contributed by atoms with Gasteiger partial charge in [0, 0.05) is 31.3 Å². The van der Waals surface area contributed by atoms with Crippen LogP contribution in [0.5, 0.6) is 5.75 Å². The molecule has 0 aliphatic carbocycles. The molecule has 0 fully saturated rings. The standard InChI is InChI=1S/C20H23F2N3O5S/c1-3-25(13-19(26)24-14-5-4-6-15(11-14)30-2)20(27)9-10-23-31(28,29)16-7-8-17(21)18(22)12-16/h4-8,11-12,23H,3,9-10,13H2,1-2H3,(H,24,26). The molecule has 11 heteroatoms. The van der Waals surface area contributed by atoms with E-state index in [-0.39, 0.29) is 26.1 Å². The lowest BCUT2D eigenvalue weighted by atomic mass is 10.3. The van der Waals surface area contributed by atoms with Gasteiger partial charge in [-0.05, 0) is 37.3 Å². The van der Waals surface area contributed by atoms with Crippen LogP contribution in [0.3, 0.4) is 0 Å². The molecule has 0 saturated carbocycles. The smallest absolute Gasteiger partial charge is 0.243 e. The van der Waals surface area contributed by atoms with Crippen molar-refractivity contribution < 1.29 is 31.5 Å². The first-order valence-electron chi connectivity index (χ1n) is 9.32. The Morgan fingerprint density at radius 3 is 2.48 bits per heavy atom. The highest BCUT2D eigenvalue weighted by Gasteiger charge is 2.19. The van der Waals surface area contributed by atoms with E-state index >= 15 is 0 Å². The second-order valence-electron chi connectivity index (χ2n) is 6.41. The Morgan fingerprint density at radius 2 is 1.84 bits per heavy atom. The first-order valence-corrected chi connectivity index (χ1v) is 10.8. The maximum absolute atomic E-state index is 13.3. The summed E-state index contributed by atoms with van der Waals surface area (Å²) in [4.78, 5) is 25.4. The van der Waals surface area contributed by atoms with Crippen molar-refractivity contribution in [1.82, 2.24) is 9.62 Å². The van der Waals surface area contributed by atoms with Gasteiger partial charge >= 0.3 is 0 Å². The van der Waals surface area contributed by atoms with Crippen LogP contribution in [-0.2, 0) is 19.6 Å². The van der Waals surface area contributed by atoms with E-state index in [2.05, 4.69) is 10.0 Å². The Balaban J connectivity index is 1.89. The molecule has 31 heavy (non-hydrogen) atoms. The molecule has 0 aliphatic heterocycles. The summed E-state index contributed by atoms with van der Waals surface area (Å²) in [6, 6.07) is 8.91. The van der Waals surface area contributed by atoms with Gasteiger partial charge in [0.2, 0.25) is 21.8 Å². The number of likely N-dealkylation sites (N-methyl/N-ethyl adjacent to an activating group) is 1. The first kappa shape index (κ1) is 24.2. The molecule has 0 unspecified atom stereocenters. The van der Waals surface area contributed by atoms with Gasteiger partial charge in [0.25, 0.3) is 0 Å². The molecule has 0 radical (unpaired) electrons. The molecule has 168 valence electrons. The number of sulfonamides is 1. The number of nitrogens with one attached hydrogen (secondary N) is 2. The molecule has 0 aromatic heterocycles. The van der Waals surface area contributed by atoms with Crippen molar-refractivity contribution >= 4 is 27.5 Å². The highest BCUT2D eigenvalue weighted by molar-refractivity contribution is 7.89. The van der Waals surface area contributed by atoms with Gasteiger partial charge in [-0.2, -0.15) is 0 Å². The van der Waals surface area contributed by atoms with E-state index in [0.29, 0.717) is 23.6 Å². The number of carbonyl (C=O) groups is 2. The molecule has 0 heterocycles. The number of hydrogen-bond donors (Lipinski definition) is 2. The van der Waals surface area contributed by atoms with E-state index in [1.165, 1.54) is 12.0 Å². The number of carbonyl (C=O) groups excluding carboxylic acids is 2. The number of nitrogens with zero attached hydrogens (tertiary/aromatic N) is 1. The Hall–Kier alpha value is -3.05. The minimum atomic E-state index is -4.12. The van der Waals surface area contributed by atoms with Crippen LogP contribution in [-0.4, -0.2) is 51.9 Å². The third kappa shape index (κ3) is 7.00. The summed E-state index contributed by atoms with van der Waals surface area (Å²) in [5.41, 5.74) is 0.507. The molecular formula is C20H23F2N3O5S. The van der Waals surface area contributed by atoms with Gasteiger partial charge in [0.05, 0.1) is 18.6 Å². The summed E-state index contributed by atoms with van der Waals surface area (Å²) in [5, 5.41) is 2.66. The Kier molecular flexibility index (Phi) is 8.46. The van der Waals surface area contributed by atoms with Gasteiger partial charge in [-0.25, -0.2) is 21.9 Å². The predicted molar refractivity (Wildman–Crippen MR) is 110 cm³/mol. The fourth-order valence-electron chi connectivity index (χ4n) is 2.63. The Labute approximate surface area is 179 Å². The molecule has 2 rings (SSSR count). The van der Waals surface area contributed by atoms with Crippen LogP contribution in [0.4, 0.5) is 14.5 Å². The summed E-state index contributed by atoms with van der Waals surface area (Å²) >= 11 is 0. The van der Waals surface area contributed by atoms with Crippen molar-refractivity contribution in [2.24, 2.45) is 0 Å². The quantitative estimate of drug-likeness (QED) is 0.571. The van der Waals surface area contributed by atoms with Crippen molar-refractivity contribution in [3.63, 3.8) is 0 Å². The van der Waals surface area contributed by atoms with Crippen LogP contribution in [0.25, 0.3) is 0 Å². The van der Waals surface area contributed by atoms with Crippen molar-refractivity contribution in [3.05, 3.63) is 54.1 Å². The van der Waals surface area contributed by atoms with Crippen LogP contribution in [0.2, 0.25) is 0 Å². The second kappa shape index (κ2) is 10.8. The van der Waals surface area contributed by atoms with Gasteiger partial charge in [-0.1, -0.05) is 6.07 Å². The van der Waals surface area contributed by atoms with Crippen LogP contribution < -0.4 is 14.8 Å². The van der Waals surface area contributed by atoms with Crippen molar-refractivity contribution in [2.75, 3.05) is 32.1 Å². The summed E-state index contributed by atoms with van der Waals surface area (Å²) < 4.78 is 57.8. The van der Waals surface area contributed by atoms with Crippen molar-refractivity contribution in [1.29, 1.82) is 0 Å². The lowest BCUT2D eigenvalue weighted by Gasteiger charge is -2.20. The first-order chi connectivity index (χ1) is 14.7. The number of anilines is 1. The number of rotatable bonds is 10. The second-order valence-corrected chi connectivity index (χ2v) is 8.18. The molecule has 2 N–H and O–H groups in total. The number of amides is 2. The molecule has 0 atom stereocenters. The largest absolute Gasteiger partial charge is 0.497 e. The Bertz CT molecular complexity index is 1050. The summed E-state index contributed by atoms with van der Waals surface area (Å²) in [7, 11) is -2.62. The Morgan fingerprint density at radius 1 is 1.10 bits per heavy atom. The van der Waals surface area contributed by atoms with Crippen LogP contribution in [0, 0.1) is 11.6 Å². The summed E-state index contributed by atoms with van der Waals surface area (Å²) in [6.07, 6.45) is -0.219. The highest BCUT2D eigenvalue weighted by Crippen LogP contribution is 2.17. The number of ether oxygens (including phenoxy) is 1. The third-order valence-electron chi connectivity index (χ3n) is 4.25. The van der Waals surface area contributed by atoms with E-state index in [1.807, 2.05) is 0 Å². The average Bonchev–Trinajstić information content (AvgIpc) is 2.73. The number of hydrogen-bond acceptors (Lipinski definition) is 5. The fraction of sp³-hybridized carbons (Fsp3) is 0.300. The summed E-state index contributed by atoms with van der Waals surface area (Å²) in [5.74, 6) is -2.77. The molecule has 0 spiro atoms. The zero-order valence-electron chi connectivity index (χ0n) is 17.0. The van der Waals surface area contributed by atoms with Crippen LogP contribution in [0.1, 0.15) is 13.3 Å². The average molecular weight is 455 g/mol. The van der Waals surface area contributed by atoms with Gasteiger partial charge in [-0.15, -0.1) is 0 Å². The van der Waals surface area contributed by atoms with Gasteiger partial charge in [-0.3, -0.25) is 9.59 Å². The molecule has 2 aromatic carbocycles. The number of benzene rings is 2. The topological polar surface area (TPSA) is 105 Å². The molecule has 8 nitrogen and oxygen atoms in total. The minimum Gasteiger partial charge on any atom is -0.497 e. The van der Waals surface area contributed by atoms with Crippen LogP contribution >= 0.6 is 0 Å². The number of halogens is 2. The van der Waals surface area contributed by atoms with Crippen molar-refractivity contribution in [2.45, 2.75) is 18.2 Å². The zero-order valence-corrected chi connectivity index (χ0v) is 17.8. The van der Waals surface area contributed by atoms with Crippen LogP contribution in [0.15, 0.2) is 47.4 Å². The lowest BCUT2D eigenvalue weighted by Crippen LogP contribution is -2.39. The maximum atomic E-state index is 13.3. The number of methoxy groups -OCH3 is 1. The fourth-order valence-corrected chi connectivity index (χ4v) is 3.67. The normalized spacial score (nSPS) is 11.1. The zero-order chi connectivity index (χ0) is 23.0. The third-order valence-corrected chi connectivity index (χ3v) is 5.71. The van der Waals surface area contributed by atoms with E-state index in [9.17, 15) is 26.8 Å². The molecule has 0 bridgehead atoms. The molecule has 0 saturated heterocycles. The lowest BCUT2D eigenvalue weighted by molar-refractivity contribution is -0.134. The van der Waals surface area contributed by atoms with E-state index in [0.717, 1.165) is 6.07 Å². The predicted octanol–water partition coefficient (Wildman–Crippen LogP) is 2.13. The minimum absolute atomic E-state index is 0.219. The molecular weight excluding hydrogens is 432 g/mol. The van der Waals surface area contributed by atoms with Gasteiger partial charge in [0.15, 0.2) is 11.6 Å². The SMILES string of the molecule is CCN(CC(=O)Nc1cccc(OC)c1)C(=O)CCNS(=O)(=O)c1ccc(F)c(F)c1. The van der Waals surface area contributed by atoms with Crippen molar-refractivity contribution in [3.8, 4) is 5.75 Å². The van der Waals surface area contributed by atoms with Gasteiger partial charge < -0.3 is 15.0 Å². The van der Waals surface area contributed by atoms with E-state index < -0.39 is 38.4 Å². The maximum Gasteiger partial charge on any atom is 0.243 e. The molecule has 0 aliphatic rings.